The molecule has 1 aromatic carbocycles. The van der Waals surface area contributed by atoms with Crippen molar-refractivity contribution in [2.45, 2.75) is 29.9 Å². The van der Waals surface area contributed by atoms with Crippen LogP contribution in [0, 0.1) is 17.8 Å². The van der Waals surface area contributed by atoms with E-state index in [1.54, 1.807) is 23.1 Å². The fraction of sp³-hybridized carbons (Fsp3) is 0.500. The highest BCUT2D eigenvalue weighted by atomic mass is 32.2. The minimum Gasteiger partial charge on any atom is -0.356 e. The average molecular weight is 478 g/mol. The number of hydrogen-bond acceptors (Lipinski definition) is 7. The Balaban J connectivity index is 1.13. The van der Waals surface area contributed by atoms with Crippen molar-refractivity contribution >= 4 is 45.1 Å². The predicted molar refractivity (Wildman–Crippen MR) is 121 cm³/mol. The van der Waals surface area contributed by atoms with E-state index in [2.05, 4.69) is 16.0 Å². The van der Waals surface area contributed by atoms with Crippen LogP contribution in [0.25, 0.3) is 10.2 Å². The highest BCUT2D eigenvalue weighted by Gasteiger charge is 2.55. The molecular weight excluding hydrogens is 455 g/mol. The van der Waals surface area contributed by atoms with Crippen LogP contribution >= 0.6 is 23.1 Å². The highest BCUT2D eigenvalue weighted by molar-refractivity contribution is 8.01. The molecule has 2 unspecified atom stereocenters. The summed E-state index contributed by atoms with van der Waals surface area (Å²) in [6.45, 7) is 4.22. The molecule has 5 nitrogen and oxygen atoms in total. The molecule has 32 heavy (non-hydrogen) atoms. The Morgan fingerprint density at radius 2 is 1.91 bits per heavy atom. The Morgan fingerprint density at radius 1 is 1.12 bits per heavy atom. The van der Waals surface area contributed by atoms with Gasteiger partial charge in [-0.25, -0.2) is 9.97 Å². The Morgan fingerprint density at radius 3 is 2.56 bits per heavy atom. The van der Waals surface area contributed by atoms with Crippen LogP contribution in [0.4, 0.5) is 24.9 Å². The third-order valence-corrected chi connectivity index (χ3v) is 9.26. The van der Waals surface area contributed by atoms with Crippen LogP contribution in [0.3, 0.4) is 0 Å². The van der Waals surface area contributed by atoms with Crippen molar-refractivity contribution in [3.63, 3.8) is 0 Å². The Kier molecular flexibility index (Phi) is 4.80. The summed E-state index contributed by atoms with van der Waals surface area (Å²) in [5.41, 5.74) is 0.193. The minimum atomic E-state index is -4.47. The molecule has 0 N–H and O–H groups in total. The summed E-state index contributed by atoms with van der Waals surface area (Å²) < 4.78 is 42.7. The van der Waals surface area contributed by atoms with Crippen LogP contribution in [0.5, 0.6) is 0 Å². The molecule has 3 aliphatic rings. The summed E-state index contributed by atoms with van der Waals surface area (Å²) in [4.78, 5) is 16.9. The number of anilines is 2. The SMILES string of the molecule is CC1CCN1c1nc(N2C[C@@H]3C(CSc4nc5ccccc5s4)[C@@H]3C2)cc(C(F)(F)F)n1. The van der Waals surface area contributed by atoms with Crippen LogP contribution < -0.4 is 9.80 Å². The fourth-order valence-electron chi connectivity index (χ4n) is 4.84. The topological polar surface area (TPSA) is 45.2 Å². The molecule has 0 spiro atoms. The van der Waals surface area contributed by atoms with E-state index in [4.69, 9.17) is 4.98 Å². The van der Waals surface area contributed by atoms with Gasteiger partial charge >= 0.3 is 6.18 Å². The normalized spacial score (nSPS) is 27.0. The van der Waals surface area contributed by atoms with E-state index < -0.39 is 11.9 Å². The van der Waals surface area contributed by atoms with Crippen LogP contribution in [0.1, 0.15) is 19.0 Å². The minimum absolute atomic E-state index is 0.183. The van der Waals surface area contributed by atoms with E-state index in [0.717, 1.165) is 41.2 Å². The number of nitrogens with zero attached hydrogens (tertiary/aromatic N) is 5. The number of thioether (sulfide) groups is 1. The van der Waals surface area contributed by atoms with Gasteiger partial charge in [-0.05, 0) is 43.2 Å². The summed E-state index contributed by atoms with van der Waals surface area (Å²) in [5.74, 6) is 3.27. The van der Waals surface area contributed by atoms with Gasteiger partial charge < -0.3 is 9.80 Å². The number of piperidine rings is 1. The molecule has 10 heteroatoms. The molecule has 3 aromatic rings. The lowest BCUT2D eigenvalue weighted by molar-refractivity contribution is -0.141. The van der Waals surface area contributed by atoms with Crippen molar-refractivity contribution in [2.24, 2.45) is 17.8 Å². The first-order valence-electron chi connectivity index (χ1n) is 10.8. The van der Waals surface area contributed by atoms with Gasteiger partial charge in [0.15, 0.2) is 10.0 Å². The smallest absolute Gasteiger partial charge is 0.356 e. The number of alkyl halides is 3. The first-order chi connectivity index (χ1) is 15.4. The molecule has 0 amide bonds. The molecule has 4 atom stereocenters. The molecule has 0 radical (unpaired) electrons. The maximum absolute atomic E-state index is 13.5. The van der Waals surface area contributed by atoms with E-state index in [1.165, 1.54) is 4.70 Å². The standard InChI is InChI=1S/C22H22F3N5S2/c1-12-6-7-30(12)20-27-18(22(23,24)25)8-19(28-20)29-9-13-14(10-29)15(13)11-31-21-26-16-4-2-3-5-17(16)32-21/h2-5,8,12-15H,6-7,9-11H2,1H3/t12?,13-,14+,15?. The van der Waals surface area contributed by atoms with Gasteiger partial charge in [-0.15, -0.1) is 11.3 Å². The van der Waals surface area contributed by atoms with Crippen molar-refractivity contribution < 1.29 is 13.2 Å². The van der Waals surface area contributed by atoms with E-state index in [-0.39, 0.29) is 12.0 Å². The second kappa shape index (κ2) is 7.48. The molecule has 4 heterocycles. The number of fused-ring (bicyclic) bond motifs is 2. The number of para-hydroxylation sites is 1. The monoisotopic (exact) mass is 477 g/mol. The van der Waals surface area contributed by atoms with Gasteiger partial charge in [-0.2, -0.15) is 18.2 Å². The van der Waals surface area contributed by atoms with Crippen LogP contribution in [-0.2, 0) is 6.18 Å². The van der Waals surface area contributed by atoms with Gasteiger partial charge in [0.1, 0.15) is 5.82 Å². The Bertz CT molecular complexity index is 1120. The van der Waals surface area contributed by atoms with Crippen LogP contribution in [0.2, 0.25) is 0 Å². The lowest BCUT2D eigenvalue weighted by atomic mass is 10.1. The third-order valence-electron chi connectivity index (χ3n) is 6.94. The van der Waals surface area contributed by atoms with Crippen LogP contribution in [0.15, 0.2) is 34.7 Å². The molecular formula is C22H22F3N5S2. The molecule has 1 saturated carbocycles. The Labute approximate surface area is 192 Å². The number of hydrogen-bond donors (Lipinski definition) is 0. The summed E-state index contributed by atoms with van der Waals surface area (Å²) in [6, 6.07) is 9.45. The van der Waals surface area contributed by atoms with Gasteiger partial charge in [0.05, 0.1) is 10.2 Å². The summed E-state index contributed by atoms with van der Waals surface area (Å²) in [7, 11) is 0. The average Bonchev–Trinajstić information content (AvgIpc) is 3.09. The second-order valence-corrected chi connectivity index (χ2v) is 11.2. The quantitative estimate of drug-likeness (QED) is 0.472. The number of thiazole rings is 1. The van der Waals surface area contributed by atoms with Crippen molar-refractivity contribution in [3.05, 3.63) is 36.0 Å². The molecule has 6 rings (SSSR count). The van der Waals surface area contributed by atoms with Crippen molar-refractivity contribution in [3.8, 4) is 0 Å². The fourth-order valence-corrected chi connectivity index (χ4v) is 7.23. The number of halogens is 3. The summed E-state index contributed by atoms with van der Waals surface area (Å²) >= 11 is 3.52. The number of rotatable bonds is 5. The number of aromatic nitrogens is 3. The second-order valence-electron chi connectivity index (χ2n) is 8.90. The van der Waals surface area contributed by atoms with E-state index in [9.17, 15) is 13.2 Å². The lowest BCUT2D eigenvalue weighted by Crippen LogP contribution is -2.47. The molecule has 2 saturated heterocycles. The van der Waals surface area contributed by atoms with Gasteiger partial charge in [0.25, 0.3) is 0 Å². The molecule has 1 aliphatic carbocycles. The predicted octanol–water partition coefficient (Wildman–Crippen LogP) is 5.18. The number of benzene rings is 1. The van der Waals surface area contributed by atoms with Crippen molar-refractivity contribution in [1.29, 1.82) is 0 Å². The maximum atomic E-state index is 13.5. The zero-order valence-electron chi connectivity index (χ0n) is 17.4. The highest BCUT2D eigenvalue weighted by Crippen LogP contribution is 2.54. The maximum Gasteiger partial charge on any atom is 0.433 e. The summed E-state index contributed by atoms with van der Waals surface area (Å²) in [6.07, 6.45) is -3.52. The molecule has 0 bridgehead atoms. The van der Waals surface area contributed by atoms with Gasteiger partial charge in [-0.3, -0.25) is 0 Å². The van der Waals surface area contributed by atoms with Gasteiger partial charge in [0, 0.05) is 37.5 Å². The molecule has 3 fully saturated rings. The summed E-state index contributed by atoms with van der Waals surface area (Å²) in [5, 5.41) is 0. The van der Waals surface area contributed by atoms with Crippen LogP contribution in [-0.4, -0.2) is 46.4 Å². The zero-order valence-corrected chi connectivity index (χ0v) is 19.1. The van der Waals surface area contributed by atoms with E-state index >= 15 is 0 Å². The van der Waals surface area contributed by atoms with Crippen molar-refractivity contribution in [1.82, 2.24) is 15.0 Å². The lowest BCUT2D eigenvalue weighted by Gasteiger charge is -2.39. The zero-order chi connectivity index (χ0) is 22.0. The van der Waals surface area contributed by atoms with E-state index in [1.807, 2.05) is 34.9 Å². The van der Waals surface area contributed by atoms with Gasteiger partial charge in [-0.1, -0.05) is 23.9 Å². The molecule has 168 valence electrons. The first-order valence-corrected chi connectivity index (χ1v) is 12.6. The largest absolute Gasteiger partial charge is 0.433 e. The molecule has 2 aliphatic heterocycles. The van der Waals surface area contributed by atoms with Gasteiger partial charge in [0.2, 0.25) is 5.95 Å². The first kappa shape index (κ1) is 20.5. The third kappa shape index (κ3) is 3.61. The Hall–Kier alpha value is -2.07. The van der Waals surface area contributed by atoms with Crippen molar-refractivity contribution in [2.75, 3.05) is 35.2 Å². The van der Waals surface area contributed by atoms with E-state index in [0.29, 0.717) is 30.1 Å². The molecule has 2 aromatic heterocycles.